The Labute approximate surface area is 172 Å². The van der Waals surface area contributed by atoms with Crippen LogP contribution in [0.3, 0.4) is 0 Å². The fourth-order valence-corrected chi connectivity index (χ4v) is 2.76. The molecule has 0 spiro atoms. The number of hydrogen-bond acceptors (Lipinski definition) is 4. The van der Waals surface area contributed by atoms with E-state index in [-0.39, 0.29) is 37.4 Å². The zero-order chi connectivity index (χ0) is 20.5. The first-order valence-corrected chi connectivity index (χ1v) is 9.49. The monoisotopic (exact) mass is 446 g/mol. The lowest BCUT2D eigenvalue weighted by Crippen LogP contribution is -2.41. The Morgan fingerprint density at radius 3 is 2.21 bits per heavy atom. The lowest BCUT2D eigenvalue weighted by Gasteiger charge is -2.16. The maximum absolute atomic E-state index is 12.0. The molecule has 7 nitrogen and oxygen atoms in total. The number of para-hydroxylation sites is 1. The predicted molar refractivity (Wildman–Crippen MR) is 113 cm³/mol. The standard InChI is InChI=1S/C20H23BrN4O3/c1-14-7-9-15(10-8-14)23-20(28)13-25(2)12-19(27)22-11-18(26)24-17-6-4-3-5-16(17)21/h3-10H,11-13H2,1-2H3,(H,22,27)(H,23,28)(H,24,26). The van der Waals surface area contributed by atoms with Crippen molar-refractivity contribution < 1.29 is 14.4 Å². The molecule has 148 valence electrons. The number of nitrogens with zero attached hydrogens (tertiary/aromatic N) is 1. The Hall–Kier alpha value is -2.71. The fourth-order valence-electron chi connectivity index (χ4n) is 2.38. The van der Waals surface area contributed by atoms with Gasteiger partial charge in [-0.2, -0.15) is 0 Å². The van der Waals surface area contributed by atoms with Crippen molar-refractivity contribution in [3.8, 4) is 0 Å². The number of carbonyl (C=O) groups excluding carboxylic acids is 3. The zero-order valence-electron chi connectivity index (χ0n) is 15.8. The number of anilines is 2. The smallest absolute Gasteiger partial charge is 0.243 e. The van der Waals surface area contributed by atoms with Gasteiger partial charge in [0.25, 0.3) is 0 Å². The third-order valence-corrected chi connectivity index (χ3v) is 4.45. The number of nitrogens with one attached hydrogen (secondary N) is 3. The van der Waals surface area contributed by atoms with Gasteiger partial charge in [0, 0.05) is 10.2 Å². The highest BCUT2D eigenvalue weighted by Crippen LogP contribution is 2.20. The van der Waals surface area contributed by atoms with Crippen molar-refractivity contribution >= 4 is 45.0 Å². The molecule has 0 heterocycles. The molecule has 0 fully saturated rings. The van der Waals surface area contributed by atoms with Crippen LogP contribution in [0.5, 0.6) is 0 Å². The number of rotatable bonds is 8. The van der Waals surface area contributed by atoms with E-state index in [1.54, 1.807) is 24.1 Å². The summed E-state index contributed by atoms with van der Waals surface area (Å²) in [6.07, 6.45) is 0. The molecule has 2 aromatic rings. The van der Waals surface area contributed by atoms with Crippen LogP contribution in [-0.4, -0.2) is 49.3 Å². The highest BCUT2D eigenvalue weighted by Gasteiger charge is 2.12. The molecule has 0 saturated carbocycles. The van der Waals surface area contributed by atoms with E-state index in [1.165, 1.54) is 0 Å². The SMILES string of the molecule is Cc1ccc(NC(=O)CN(C)CC(=O)NCC(=O)Nc2ccccc2Br)cc1. The molecule has 0 aliphatic carbocycles. The van der Waals surface area contributed by atoms with E-state index < -0.39 is 0 Å². The maximum atomic E-state index is 12.0. The topological polar surface area (TPSA) is 90.5 Å². The Kier molecular flexibility index (Phi) is 8.16. The number of hydrogen-bond donors (Lipinski definition) is 3. The summed E-state index contributed by atoms with van der Waals surface area (Å²) in [5.41, 5.74) is 2.44. The summed E-state index contributed by atoms with van der Waals surface area (Å²) in [6, 6.07) is 14.7. The summed E-state index contributed by atoms with van der Waals surface area (Å²) in [5.74, 6) is -0.890. The molecular formula is C20H23BrN4O3. The van der Waals surface area contributed by atoms with Gasteiger partial charge in [-0.1, -0.05) is 29.8 Å². The van der Waals surface area contributed by atoms with E-state index in [0.717, 1.165) is 10.0 Å². The second-order valence-electron chi connectivity index (χ2n) is 6.39. The second-order valence-corrected chi connectivity index (χ2v) is 7.25. The lowest BCUT2D eigenvalue weighted by atomic mass is 10.2. The molecule has 3 N–H and O–H groups in total. The van der Waals surface area contributed by atoms with Crippen LogP contribution in [0, 0.1) is 6.92 Å². The van der Waals surface area contributed by atoms with E-state index in [4.69, 9.17) is 0 Å². The molecule has 0 aliphatic rings. The summed E-state index contributed by atoms with van der Waals surface area (Å²) in [6.45, 7) is 1.88. The largest absolute Gasteiger partial charge is 0.346 e. The van der Waals surface area contributed by atoms with Crippen LogP contribution in [0.25, 0.3) is 0 Å². The number of aryl methyl sites for hydroxylation is 1. The van der Waals surface area contributed by atoms with Crippen molar-refractivity contribution in [2.75, 3.05) is 37.3 Å². The van der Waals surface area contributed by atoms with Crippen molar-refractivity contribution in [2.45, 2.75) is 6.92 Å². The summed E-state index contributed by atoms with van der Waals surface area (Å²) in [4.78, 5) is 37.5. The quantitative estimate of drug-likeness (QED) is 0.580. The van der Waals surface area contributed by atoms with Gasteiger partial charge in [-0.05, 0) is 54.2 Å². The molecule has 0 radical (unpaired) electrons. The molecule has 2 aromatic carbocycles. The molecular weight excluding hydrogens is 424 g/mol. The third kappa shape index (κ3) is 7.50. The average Bonchev–Trinajstić information content (AvgIpc) is 2.63. The van der Waals surface area contributed by atoms with Gasteiger partial charge in [0.2, 0.25) is 17.7 Å². The minimum absolute atomic E-state index is 0.00360. The summed E-state index contributed by atoms with van der Waals surface area (Å²) in [5, 5.41) is 8.02. The predicted octanol–water partition coefficient (Wildman–Crippen LogP) is 2.38. The zero-order valence-corrected chi connectivity index (χ0v) is 17.4. The van der Waals surface area contributed by atoms with Gasteiger partial charge in [-0.25, -0.2) is 0 Å². The van der Waals surface area contributed by atoms with Crippen molar-refractivity contribution in [3.63, 3.8) is 0 Å². The van der Waals surface area contributed by atoms with Crippen molar-refractivity contribution in [1.29, 1.82) is 0 Å². The van der Waals surface area contributed by atoms with Crippen LogP contribution in [0.4, 0.5) is 11.4 Å². The first kappa shape index (κ1) is 21.6. The number of amides is 3. The third-order valence-electron chi connectivity index (χ3n) is 3.76. The molecule has 0 saturated heterocycles. The number of benzene rings is 2. The molecule has 8 heteroatoms. The van der Waals surface area contributed by atoms with Crippen LogP contribution in [0.15, 0.2) is 53.0 Å². The minimum atomic E-state index is -0.340. The maximum Gasteiger partial charge on any atom is 0.243 e. The number of likely N-dealkylation sites (N-methyl/N-ethyl adjacent to an activating group) is 1. The van der Waals surface area contributed by atoms with Crippen molar-refractivity contribution in [3.05, 3.63) is 58.6 Å². The van der Waals surface area contributed by atoms with Crippen molar-refractivity contribution in [1.82, 2.24) is 10.2 Å². The molecule has 0 aromatic heterocycles. The first-order valence-electron chi connectivity index (χ1n) is 8.69. The Balaban J connectivity index is 1.70. The van der Waals surface area contributed by atoms with Gasteiger partial charge in [0.1, 0.15) is 0 Å². The van der Waals surface area contributed by atoms with Gasteiger partial charge in [0.05, 0.1) is 25.3 Å². The van der Waals surface area contributed by atoms with Gasteiger partial charge in [-0.3, -0.25) is 19.3 Å². The molecule has 3 amide bonds. The average molecular weight is 447 g/mol. The fraction of sp³-hybridized carbons (Fsp3) is 0.250. The van der Waals surface area contributed by atoms with Gasteiger partial charge >= 0.3 is 0 Å². The van der Waals surface area contributed by atoms with E-state index >= 15 is 0 Å². The summed E-state index contributed by atoms with van der Waals surface area (Å²) < 4.78 is 0.758. The Morgan fingerprint density at radius 1 is 0.893 bits per heavy atom. The minimum Gasteiger partial charge on any atom is -0.346 e. The molecule has 0 atom stereocenters. The molecule has 2 rings (SSSR count). The van der Waals surface area contributed by atoms with Gasteiger partial charge < -0.3 is 16.0 Å². The van der Waals surface area contributed by atoms with Gasteiger partial charge in [-0.15, -0.1) is 0 Å². The van der Waals surface area contributed by atoms with E-state index in [2.05, 4.69) is 31.9 Å². The van der Waals surface area contributed by atoms with Crippen LogP contribution >= 0.6 is 15.9 Å². The van der Waals surface area contributed by atoms with Crippen LogP contribution in [-0.2, 0) is 14.4 Å². The molecule has 0 unspecified atom stereocenters. The van der Waals surface area contributed by atoms with E-state index in [9.17, 15) is 14.4 Å². The Morgan fingerprint density at radius 2 is 1.54 bits per heavy atom. The van der Waals surface area contributed by atoms with E-state index in [1.807, 2.05) is 43.3 Å². The molecule has 0 bridgehead atoms. The second kappa shape index (κ2) is 10.6. The van der Waals surface area contributed by atoms with E-state index in [0.29, 0.717) is 11.4 Å². The summed E-state index contributed by atoms with van der Waals surface area (Å²) in [7, 11) is 1.66. The normalized spacial score (nSPS) is 10.4. The first-order chi connectivity index (χ1) is 13.3. The summed E-state index contributed by atoms with van der Waals surface area (Å²) >= 11 is 3.34. The highest BCUT2D eigenvalue weighted by atomic mass is 79.9. The van der Waals surface area contributed by atoms with Crippen LogP contribution < -0.4 is 16.0 Å². The van der Waals surface area contributed by atoms with Crippen LogP contribution in [0.1, 0.15) is 5.56 Å². The number of carbonyl (C=O) groups is 3. The van der Waals surface area contributed by atoms with Crippen LogP contribution in [0.2, 0.25) is 0 Å². The molecule has 28 heavy (non-hydrogen) atoms. The van der Waals surface area contributed by atoms with Gasteiger partial charge in [0.15, 0.2) is 0 Å². The molecule has 0 aliphatic heterocycles. The number of halogens is 1. The Bertz CT molecular complexity index is 840. The van der Waals surface area contributed by atoms with Crippen molar-refractivity contribution in [2.24, 2.45) is 0 Å². The lowest BCUT2D eigenvalue weighted by molar-refractivity contribution is -0.125. The highest BCUT2D eigenvalue weighted by molar-refractivity contribution is 9.10.